The third-order valence-corrected chi connectivity index (χ3v) is 3.34. The van der Waals surface area contributed by atoms with Gasteiger partial charge in [0, 0.05) is 9.85 Å². The van der Waals surface area contributed by atoms with Crippen molar-refractivity contribution in [1.82, 2.24) is 4.98 Å². The van der Waals surface area contributed by atoms with Crippen LogP contribution in [0.15, 0.2) is 27.5 Å². The summed E-state index contributed by atoms with van der Waals surface area (Å²) in [5.41, 5.74) is 4.10. The van der Waals surface area contributed by atoms with Crippen molar-refractivity contribution < 1.29 is 9.53 Å². The van der Waals surface area contributed by atoms with Crippen molar-refractivity contribution in [2.45, 2.75) is 13.5 Å². The van der Waals surface area contributed by atoms with Gasteiger partial charge in [-0.05, 0) is 24.6 Å². The molecule has 1 aromatic carbocycles. The van der Waals surface area contributed by atoms with Crippen LogP contribution in [0.1, 0.15) is 21.6 Å². The molecular weight excluding hydrogens is 302 g/mol. The van der Waals surface area contributed by atoms with Gasteiger partial charge in [-0.2, -0.15) is 0 Å². The largest absolute Gasteiger partial charge is 0.486 e. The quantitative estimate of drug-likeness (QED) is 0.810. The molecule has 0 radical (unpaired) electrons. The molecule has 3 nitrogen and oxygen atoms in total. The number of thiazole rings is 1. The molecule has 0 aliphatic heterocycles. The zero-order chi connectivity index (χ0) is 12.3. The Morgan fingerprint density at radius 1 is 1.53 bits per heavy atom. The lowest BCUT2D eigenvalue weighted by atomic mass is 10.1. The molecule has 17 heavy (non-hydrogen) atoms. The number of carbonyl (C=O) groups excluding carboxylic acids is 1. The number of aromatic nitrogens is 1. The number of aryl methyl sites for hydroxylation is 1. The summed E-state index contributed by atoms with van der Waals surface area (Å²) in [4.78, 5) is 15.1. The van der Waals surface area contributed by atoms with Gasteiger partial charge in [-0.15, -0.1) is 11.3 Å². The lowest BCUT2D eigenvalue weighted by molar-refractivity contribution is 0.111. The molecule has 0 bridgehead atoms. The molecule has 0 atom stereocenters. The lowest BCUT2D eigenvalue weighted by Crippen LogP contribution is -2.00. The molecule has 5 heteroatoms. The first kappa shape index (κ1) is 12.3. The standard InChI is InChI=1S/C12H10BrNO2S/c1-8-2-10(13)3-9(4-15)12(8)16-5-11-6-17-7-14-11/h2-4,6-7H,5H2,1H3. The number of hydrogen-bond donors (Lipinski definition) is 0. The second-order valence-corrected chi connectivity index (χ2v) is 5.16. The van der Waals surface area contributed by atoms with E-state index in [4.69, 9.17) is 4.74 Å². The molecule has 0 amide bonds. The molecule has 2 rings (SSSR count). The normalized spacial score (nSPS) is 10.2. The van der Waals surface area contributed by atoms with Gasteiger partial charge in [0.15, 0.2) is 6.29 Å². The van der Waals surface area contributed by atoms with Gasteiger partial charge in [-0.1, -0.05) is 15.9 Å². The topological polar surface area (TPSA) is 39.2 Å². The van der Waals surface area contributed by atoms with E-state index in [0.717, 1.165) is 22.0 Å². The van der Waals surface area contributed by atoms with Crippen molar-refractivity contribution >= 4 is 33.6 Å². The number of halogens is 1. The summed E-state index contributed by atoms with van der Waals surface area (Å²) in [5, 5.41) is 1.93. The Labute approximate surface area is 112 Å². The average molecular weight is 312 g/mol. The minimum Gasteiger partial charge on any atom is -0.486 e. The van der Waals surface area contributed by atoms with Crippen molar-refractivity contribution in [3.63, 3.8) is 0 Å². The third-order valence-electron chi connectivity index (χ3n) is 2.24. The SMILES string of the molecule is Cc1cc(Br)cc(C=O)c1OCc1cscn1. The fourth-order valence-corrected chi connectivity index (χ4v) is 2.63. The molecule has 1 heterocycles. The Bertz CT molecular complexity index is 526. The number of hydrogen-bond acceptors (Lipinski definition) is 4. The summed E-state index contributed by atoms with van der Waals surface area (Å²) in [6, 6.07) is 3.67. The van der Waals surface area contributed by atoms with E-state index in [9.17, 15) is 4.79 Å². The van der Waals surface area contributed by atoms with Crippen molar-refractivity contribution in [2.24, 2.45) is 0 Å². The average Bonchev–Trinajstić information content (AvgIpc) is 2.79. The molecule has 0 saturated carbocycles. The minimum absolute atomic E-state index is 0.382. The summed E-state index contributed by atoms with van der Waals surface area (Å²) >= 11 is 4.88. The third kappa shape index (κ3) is 2.92. The molecule has 1 aromatic heterocycles. The molecule has 0 spiro atoms. The maximum Gasteiger partial charge on any atom is 0.153 e. The lowest BCUT2D eigenvalue weighted by Gasteiger charge is -2.10. The number of ether oxygens (including phenoxy) is 1. The van der Waals surface area contributed by atoms with Gasteiger partial charge < -0.3 is 4.74 Å². The van der Waals surface area contributed by atoms with Crippen LogP contribution in [0.3, 0.4) is 0 Å². The minimum atomic E-state index is 0.382. The number of nitrogens with zero attached hydrogens (tertiary/aromatic N) is 1. The van der Waals surface area contributed by atoms with Gasteiger partial charge >= 0.3 is 0 Å². The Morgan fingerprint density at radius 3 is 3.00 bits per heavy atom. The zero-order valence-corrected chi connectivity index (χ0v) is 11.5. The Morgan fingerprint density at radius 2 is 2.35 bits per heavy atom. The highest BCUT2D eigenvalue weighted by atomic mass is 79.9. The van der Waals surface area contributed by atoms with E-state index < -0.39 is 0 Å². The molecule has 2 aromatic rings. The van der Waals surface area contributed by atoms with E-state index in [1.54, 1.807) is 11.6 Å². The van der Waals surface area contributed by atoms with Gasteiger partial charge in [0.05, 0.1) is 16.8 Å². The predicted octanol–water partition coefficient (Wildman–Crippen LogP) is 3.61. The monoisotopic (exact) mass is 311 g/mol. The zero-order valence-electron chi connectivity index (χ0n) is 9.14. The van der Waals surface area contributed by atoms with Crippen molar-refractivity contribution in [2.75, 3.05) is 0 Å². The van der Waals surface area contributed by atoms with E-state index >= 15 is 0 Å². The van der Waals surface area contributed by atoms with Crippen molar-refractivity contribution in [1.29, 1.82) is 0 Å². The summed E-state index contributed by atoms with van der Waals surface area (Å²) in [5.74, 6) is 0.621. The maximum atomic E-state index is 11.0. The van der Waals surface area contributed by atoms with E-state index in [2.05, 4.69) is 20.9 Å². The molecule has 0 unspecified atom stereocenters. The fraction of sp³-hybridized carbons (Fsp3) is 0.167. The van der Waals surface area contributed by atoms with Crippen LogP contribution in [-0.2, 0) is 6.61 Å². The fourth-order valence-electron chi connectivity index (χ4n) is 1.50. The Hall–Kier alpha value is -1.20. The second kappa shape index (κ2) is 5.42. The van der Waals surface area contributed by atoms with Crippen LogP contribution in [0.2, 0.25) is 0 Å². The van der Waals surface area contributed by atoms with Gasteiger partial charge in [0.2, 0.25) is 0 Å². The summed E-state index contributed by atoms with van der Waals surface area (Å²) in [7, 11) is 0. The van der Waals surface area contributed by atoms with Crippen LogP contribution in [0.4, 0.5) is 0 Å². The van der Waals surface area contributed by atoms with Gasteiger partial charge in [-0.25, -0.2) is 4.98 Å². The molecule has 0 fully saturated rings. The van der Waals surface area contributed by atoms with Gasteiger partial charge in [0.25, 0.3) is 0 Å². The van der Waals surface area contributed by atoms with E-state index in [1.807, 2.05) is 18.4 Å². The first-order chi connectivity index (χ1) is 8.20. The highest BCUT2D eigenvalue weighted by Crippen LogP contribution is 2.27. The highest BCUT2D eigenvalue weighted by molar-refractivity contribution is 9.10. The van der Waals surface area contributed by atoms with Crippen LogP contribution < -0.4 is 4.74 Å². The molecular formula is C12H10BrNO2S. The van der Waals surface area contributed by atoms with Gasteiger partial charge in [-0.3, -0.25) is 4.79 Å². The summed E-state index contributed by atoms with van der Waals surface area (Å²) in [6.45, 7) is 2.29. The second-order valence-electron chi connectivity index (χ2n) is 3.53. The highest BCUT2D eigenvalue weighted by Gasteiger charge is 2.09. The van der Waals surface area contributed by atoms with Crippen molar-refractivity contribution in [3.05, 3.63) is 44.3 Å². The number of carbonyl (C=O) groups is 1. The molecule has 0 aliphatic carbocycles. The van der Waals surface area contributed by atoms with Crippen molar-refractivity contribution in [3.8, 4) is 5.75 Å². The Kier molecular flexibility index (Phi) is 3.91. The summed E-state index contributed by atoms with van der Waals surface area (Å²) in [6.07, 6.45) is 0.800. The van der Waals surface area contributed by atoms with Crippen LogP contribution in [0.5, 0.6) is 5.75 Å². The van der Waals surface area contributed by atoms with Crippen LogP contribution >= 0.6 is 27.3 Å². The van der Waals surface area contributed by atoms with Crippen LogP contribution in [0, 0.1) is 6.92 Å². The number of rotatable bonds is 4. The molecule has 0 saturated heterocycles. The van der Waals surface area contributed by atoms with Crippen LogP contribution in [0.25, 0.3) is 0 Å². The van der Waals surface area contributed by atoms with Gasteiger partial charge in [0.1, 0.15) is 12.4 Å². The number of benzene rings is 1. The van der Waals surface area contributed by atoms with Crippen LogP contribution in [-0.4, -0.2) is 11.3 Å². The van der Waals surface area contributed by atoms with E-state index in [0.29, 0.717) is 17.9 Å². The smallest absolute Gasteiger partial charge is 0.153 e. The van der Waals surface area contributed by atoms with E-state index in [1.165, 1.54) is 11.3 Å². The Balaban J connectivity index is 2.22. The first-order valence-corrected chi connectivity index (χ1v) is 6.69. The van der Waals surface area contributed by atoms with E-state index in [-0.39, 0.29) is 0 Å². The molecule has 0 N–H and O–H groups in total. The predicted molar refractivity (Wildman–Crippen MR) is 70.7 cm³/mol. The first-order valence-electron chi connectivity index (χ1n) is 4.96. The maximum absolute atomic E-state index is 11.0. The number of aldehydes is 1. The molecule has 88 valence electrons. The molecule has 0 aliphatic rings. The summed E-state index contributed by atoms with van der Waals surface area (Å²) < 4.78 is 6.52.